The number of nitrogens with two attached hydrogens (primary N) is 1. The average Bonchev–Trinajstić information content (AvgIpc) is 2.58. The number of H-pyrrole nitrogens is 1. The van der Waals surface area contributed by atoms with Crippen LogP contribution in [0.25, 0.3) is 0 Å². The highest BCUT2D eigenvalue weighted by Gasteiger charge is 2.06. The maximum absolute atomic E-state index is 5.87. The summed E-state index contributed by atoms with van der Waals surface area (Å²) in [6.07, 6.45) is 0. The Labute approximate surface area is 96.2 Å². The van der Waals surface area contributed by atoms with E-state index in [2.05, 4.69) is 15.2 Å². The van der Waals surface area contributed by atoms with E-state index in [9.17, 15) is 0 Å². The summed E-state index contributed by atoms with van der Waals surface area (Å²) < 4.78 is 0. The molecule has 0 unspecified atom stereocenters. The van der Waals surface area contributed by atoms with Crippen LogP contribution in [0.3, 0.4) is 0 Å². The molecule has 6 heteroatoms. The molecule has 0 aliphatic rings. The van der Waals surface area contributed by atoms with Crippen molar-refractivity contribution in [3.63, 3.8) is 0 Å². The van der Waals surface area contributed by atoms with Gasteiger partial charge in [-0.05, 0) is 36.9 Å². The van der Waals surface area contributed by atoms with Gasteiger partial charge in [-0.2, -0.15) is 0 Å². The van der Waals surface area contributed by atoms with E-state index in [0.29, 0.717) is 15.9 Å². The van der Waals surface area contributed by atoms with Crippen LogP contribution < -0.4 is 5.73 Å². The molecule has 0 fully saturated rings. The van der Waals surface area contributed by atoms with Crippen LogP contribution in [0.2, 0.25) is 5.02 Å². The Hall–Kier alpha value is -1.20. The highest BCUT2D eigenvalue weighted by Crippen LogP contribution is 2.31. The maximum Gasteiger partial charge on any atom is 0.213 e. The lowest BCUT2D eigenvalue weighted by atomic mass is 10.3. The van der Waals surface area contributed by atoms with Crippen LogP contribution in [-0.4, -0.2) is 15.2 Å². The second kappa shape index (κ2) is 4.12. The van der Waals surface area contributed by atoms with Crippen molar-refractivity contribution in [2.75, 3.05) is 5.73 Å². The number of aryl methyl sites for hydroxylation is 1. The minimum atomic E-state index is 0.640. The van der Waals surface area contributed by atoms with Gasteiger partial charge in [0.25, 0.3) is 0 Å². The molecule has 0 saturated heterocycles. The molecule has 0 spiro atoms. The Morgan fingerprint density at radius 1 is 1.47 bits per heavy atom. The van der Waals surface area contributed by atoms with Crippen molar-refractivity contribution in [3.8, 4) is 0 Å². The summed E-state index contributed by atoms with van der Waals surface area (Å²) >= 11 is 7.26. The van der Waals surface area contributed by atoms with E-state index in [0.717, 1.165) is 10.7 Å². The molecule has 1 aromatic heterocycles. The number of nitrogen functional groups attached to an aromatic ring is 1. The summed E-state index contributed by atoms with van der Waals surface area (Å²) in [6, 6.07) is 5.32. The largest absolute Gasteiger partial charge is 0.398 e. The Kier molecular flexibility index (Phi) is 2.83. The molecule has 1 heterocycles. The predicted molar refractivity (Wildman–Crippen MR) is 61.1 cm³/mol. The van der Waals surface area contributed by atoms with Gasteiger partial charge < -0.3 is 5.73 Å². The number of halogens is 1. The average molecular weight is 241 g/mol. The van der Waals surface area contributed by atoms with E-state index in [-0.39, 0.29) is 0 Å². The fraction of sp³-hybridized carbons (Fsp3) is 0.111. The van der Waals surface area contributed by atoms with Crippen LogP contribution in [0.15, 0.2) is 28.3 Å². The fourth-order valence-electron chi connectivity index (χ4n) is 1.06. The molecule has 0 saturated carbocycles. The summed E-state index contributed by atoms with van der Waals surface area (Å²) in [5.41, 5.74) is 6.47. The third kappa shape index (κ3) is 2.43. The SMILES string of the molecule is Cc1nc(Sc2cc(Cl)ccc2N)n[nH]1. The molecule has 4 nitrogen and oxygen atoms in total. The minimum absolute atomic E-state index is 0.640. The Morgan fingerprint density at radius 3 is 2.93 bits per heavy atom. The van der Waals surface area contributed by atoms with Crippen molar-refractivity contribution in [1.82, 2.24) is 15.2 Å². The van der Waals surface area contributed by atoms with Gasteiger partial charge in [-0.15, -0.1) is 5.10 Å². The van der Waals surface area contributed by atoms with Gasteiger partial charge in [0.05, 0.1) is 0 Å². The monoisotopic (exact) mass is 240 g/mol. The maximum atomic E-state index is 5.87. The highest BCUT2D eigenvalue weighted by atomic mass is 35.5. The Morgan fingerprint density at radius 2 is 2.27 bits per heavy atom. The van der Waals surface area contributed by atoms with E-state index in [1.54, 1.807) is 18.2 Å². The summed E-state index contributed by atoms with van der Waals surface area (Å²) in [5, 5.41) is 8.07. The van der Waals surface area contributed by atoms with Gasteiger partial charge in [-0.1, -0.05) is 11.6 Å². The number of anilines is 1. The Bertz CT molecular complexity index is 483. The van der Waals surface area contributed by atoms with E-state index in [1.165, 1.54) is 11.8 Å². The number of rotatable bonds is 2. The van der Waals surface area contributed by atoms with Gasteiger partial charge in [0.15, 0.2) is 0 Å². The topological polar surface area (TPSA) is 67.6 Å². The van der Waals surface area contributed by atoms with Crippen LogP contribution in [0, 0.1) is 6.92 Å². The highest BCUT2D eigenvalue weighted by molar-refractivity contribution is 7.99. The van der Waals surface area contributed by atoms with E-state index >= 15 is 0 Å². The first kappa shape index (κ1) is 10.3. The third-order valence-corrected chi connectivity index (χ3v) is 2.93. The molecule has 0 radical (unpaired) electrons. The van der Waals surface area contributed by atoms with E-state index in [4.69, 9.17) is 17.3 Å². The third-order valence-electron chi connectivity index (χ3n) is 1.75. The number of hydrogen-bond acceptors (Lipinski definition) is 4. The van der Waals surface area contributed by atoms with Crippen molar-refractivity contribution < 1.29 is 0 Å². The number of nitrogens with one attached hydrogen (secondary N) is 1. The second-order valence-electron chi connectivity index (χ2n) is 2.99. The normalized spacial score (nSPS) is 10.5. The number of benzene rings is 1. The number of aromatic nitrogens is 3. The molecule has 3 N–H and O–H groups in total. The zero-order chi connectivity index (χ0) is 10.8. The van der Waals surface area contributed by atoms with Gasteiger partial charge in [-0.3, -0.25) is 5.10 Å². The molecule has 0 amide bonds. The van der Waals surface area contributed by atoms with E-state index < -0.39 is 0 Å². The standard InChI is InChI=1S/C9H9ClN4S/c1-5-12-9(14-13-5)15-8-4-6(10)2-3-7(8)11/h2-4H,11H2,1H3,(H,12,13,14). The molecular formula is C9H9ClN4S. The molecule has 1 aromatic carbocycles. The molecule has 2 aromatic rings. The van der Waals surface area contributed by atoms with Gasteiger partial charge in [0.2, 0.25) is 5.16 Å². The van der Waals surface area contributed by atoms with Crippen molar-refractivity contribution in [2.24, 2.45) is 0 Å². The van der Waals surface area contributed by atoms with Gasteiger partial charge in [0, 0.05) is 15.6 Å². The summed E-state index contributed by atoms with van der Waals surface area (Å²) in [6.45, 7) is 1.85. The van der Waals surface area contributed by atoms with Gasteiger partial charge in [0.1, 0.15) is 5.82 Å². The lowest BCUT2D eigenvalue weighted by Gasteiger charge is -2.02. The predicted octanol–water partition coefficient (Wildman–Crippen LogP) is 2.50. The van der Waals surface area contributed by atoms with Crippen LogP contribution in [0.4, 0.5) is 5.69 Å². The molecule has 2 rings (SSSR count). The van der Waals surface area contributed by atoms with Crippen molar-refractivity contribution >= 4 is 29.1 Å². The molecule has 15 heavy (non-hydrogen) atoms. The van der Waals surface area contributed by atoms with Crippen LogP contribution in [-0.2, 0) is 0 Å². The van der Waals surface area contributed by atoms with Crippen LogP contribution in [0.5, 0.6) is 0 Å². The first-order valence-corrected chi connectivity index (χ1v) is 5.46. The zero-order valence-corrected chi connectivity index (χ0v) is 9.56. The molecule has 0 aliphatic carbocycles. The summed E-state index contributed by atoms with van der Waals surface area (Å²) in [7, 11) is 0. The van der Waals surface area contributed by atoms with E-state index in [1.807, 2.05) is 6.92 Å². The van der Waals surface area contributed by atoms with Crippen molar-refractivity contribution in [1.29, 1.82) is 0 Å². The first-order chi connectivity index (χ1) is 7.15. The lowest BCUT2D eigenvalue weighted by molar-refractivity contribution is 0.969. The Balaban J connectivity index is 2.27. The molecule has 0 bridgehead atoms. The van der Waals surface area contributed by atoms with Gasteiger partial charge >= 0.3 is 0 Å². The zero-order valence-electron chi connectivity index (χ0n) is 7.99. The van der Waals surface area contributed by atoms with Crippen LogP contribution >= 0.6 is 23.4 Å². The number of hydrogen-bond donors (Lipinski definition) is 2. The number of nitrogens with zero attached hydrogens (tertiary/aromatic N) is 2. The molecule has 78 valence electrons. The first-order valence-electron chi connectivity index (χ1n) is 4.27. The molecule has 0 aliphatic heterocycles. The minimum Gasteiger partial charge on any atom is -0.398 e. The summed E-state index contributed by atoms with van der Waals surface area (Å²) in [5.74, 6) is 0.776. The quantitative estimate of drug-likeness (QED) is 0.792. The van der Waals surface area contributed by atoms with Crippen LogP contribution in [0.1, 0.15) is 5.82 Å². The van der Waals surface area contributed by atoms with Gasteiger partial charge in [-0.25, -0.2) is 4.98 Å². The lowest BCUT2D eigenvalue weighted by Crippen LogP contribution is -1.88. The fourth-order valence-corrected chi connectivity index (χ4v) is 2.14. The second-order valence-corrected chi connectivity index (χ2v) is 4.43. The van der Waals surface area contributed by atoms with Crippen molar-refractivity contribution in [2.45, 2.75) is 17.0 Å². The number of aromatic amines is 1. The molecular weight excluding hydrogens is 232 g/mol. The molecule has 0 atom stereocenters. The van der Waals surface area contributed by atoms with Crippen molar-refractivity contribution in [3.05, 3.63) is 29.0 Å². The summed E-state index contributed by atoms with van der Waals surface area (Å²) in [4.78, 5) is 5.04. The smallest absolute Gasteiger partial charge is 0.213 e.